The molecule has 1 aromatic carbocycles. The normalized spacial score (nSPS) is 11.0. The van der Waals surface area contributed by atoms with E-state index in [1.54, 1.807) is 12.1 Å². The smallest absolute Gasteiger partial charge is 0.342 e. The number of carbonyl (C=O) groups is 1. The zero-order chi connectivity index (χ0) is 16.8. The quantitative estimate of drug-likeness (QED) is 0.293. The van der Waals surface area contributed by atoms with Crippen LogP contribution in [-0.4, -0.2) is 11.1 Å². The van der Waals surface area contributed by atoms with Crippen molar-refractivity contribution in [1.82, 2.24) is 0 Å². The van der Waals surface area contributed by atoms with Crippen LogP contribution >= 0.6 is 0 Å². The zero-order valence-electron chi connectivity index (χ0n) is 14.3. The number of unbranched alkanes of at least 4 members (excludes halogenated alkanes) is 9. The molecule has 0 unspecified atom stereocenters. The fourth-order valence-corrected chi connectivity index (χ4v) is 2.42. The van der Waals surface area contributed by atoms with E-state index in [1.165, 1.54) is 69.8 Å². The summed E-state index contributed by atoms with van der Waals surface area (Å²) in [6, 6.07) is 6.04. The van der Waals surface area contributed by atoms with Crippen LogP contribution in [0.1, 0.15) is 81.5 Å². The highest BCUT2D eigenvalue weighted by Gasteiger charge is 2.04. The molecule has 128 valence electrons. The van der Waals surface area contributed by atoms with Crippen molar-refractivity contribution in [1.29, 1.82) is 0 Å². The molecule has 0 bridgehead atoms. The Kier molecular flexibility index (Phi) is 10.7. The third-order valence-corrected chi connectivity index (χ3v) is 3.85. The number of benzene rings is 1. The molecule has 0 amide bonds. The SMILES string of the molecule is CCCCCCCCCCC/C=C/OC(=O)c1ccc(O)cc1. The average molecular weight is 318 g/mol. The van der Waals surface area contributed by atoms with Crippen LogP contribution in [0.25, 0.3) is 0 Å². The number of esters is 1. The van der Waals surface area contributed by atoms with Crippen LogP contribution in [0.4, 0.5) is 0 Å². The predicted molar refractivity (Wildman–Crippen MR) is 94.5 cm³/mol. The predicted octanol–water partition coefficient (Wildman–Crippen LogP) is 5.98. The lowest BCUT2D eigenvalue weighted by Crippen LogP contribution is -1.99. The molecule has 0 heterocycles. The highest BCUT2D eigenvalue weighted by molar-refractivity contribution is 5.89. The molecular weight excluding hydrogens is 288 g/mol. The van der Waals surface area contributed by atoms with Crippen molar-refractivity contribution in [2.45, 2.75) is 71.1 Å². The number of phenols is 1. The summed E-state index contributed by atoms with van der Waals surface area (Å²) in [6.45, 7) is 2.25. The lowest BCUT2D eigenvalue weighted by Gasteiger charge is -2.01. The van der Waals surface area contributed by atoms with Crippen LogP contribution in [0.5, 0.6) is 5.75 Å². The van der Waals surface area contributed by atoms with Crippen molar-refractivity contribution in [3.05, 3.63) is 42.2 Å². The summed E-state index contributed by atoms with van der Waals surface area (Å²) in [6.07, 6.45) is 16.1. The molecule has 0 fully saturated rings. The average Bonchev–Trinajstić information content (AvgIpc) is 2.56. The third kappa shape index (κ3) is 9.77. The molecular formula is C20H30O3. The Bertz CT molecular complexity index is 448. The topological polar surface area (TPSA) is 46.5 Å². The van der Waals surface area contributed by atoms with Gasteiger partial charge < -0.3 is 9.84 Å². The fourth-order valence-electron chi connectivity index (χ4n) is 2.42. The van der Waals surface area contributed by atoms with Crippen molar-refractivity contribution in [2.75, 3.05) is 0 Å². The highest BCUT2D eigenvalue weighted by Crippen LogP contribution is 2.12. The first kappa shape index (κ1) is 19.3. The third-order valence-electron chi connectivity index (χ3n) is 3.85. The Morgan fingerprint density at radius 3 is 2.13 bits per heavy atom. The maximum atomic E-state index is 11.7. The van der Waals surface area contributed by atoms with Gasteiger partial charge in [0.05, 0.1) is 11.8 Å². The van der Waals surface area contributed by atoms with Gasteiger partial charge in [-0.3, -0.25) is 0 Å². The minimum atomic E-state index is -0.395. The minimum absolute atomic E-state index is 0.141. The van der Waals surface area contributed by atoms with Crippen LogP contribution in [0, 0.1) is 0 Å². The second-order valence-corrected chi connectivity index (χ2v) is 5.94. The van der Waals surface area contributed by atoms with Gasteiger partial charge in [0.2, 0.25) is 0 Å². The Labute approximate surface area is 140 Å². The van der Waals surface area contributed by atoms with Crippen molar-refractivity contribution in [3.8, 4) is 5.75 Å². The molecule has 0 atom stereocenters. The second kappa shape index (κ2) is 12.7. The largest absolute Gasteiger partial charge is 0.508 e. The van der Waals surface area contributed by atoms with E-state index >= 15 is 0 Å². The molecule has 0 aliphatic heterocycles. The zero-order valence-corrected chi connectivity index (χ0v) is 14.3. The molecule has 0 spiro atoms. The number of phenolic OH excluding ortho intramolecular Hbond substituents is 1. The van der Waals surface area contributed by atoms with Crippen LogP contribution in [0.2, 0.25) is 0 Å². The number of hydrogen-bond donors (Lipinski definition) is 1. The lowest BCUT2D eigenvalue weighted by molar-refractivity contribution is 0.0662. The van der Waals surface area contributed by atoms with Gasteiger partial charge >= 0.3 is 5.97 Å². The van der Waals surface area contributed by atoms with E-state index < -0.39 is 5.97 Å². The molecule has 1 aromatic rings. The Hall–Kier alpha value is -1.77. The van der Waals surface area contributed by atoms with Crippen molar-refractivity contribution in [3.63, 3.8) is 0 Å². The first-order valence-corrected chi connectivity index (χ1v) is 8.89. The molecule has 0 aromatic heterocycles. The number of ether oxygens (including phenoxy) is 1. The lowest BCUT2D eigenvalue weighted by atomic mass is 10.1. The summed E-state index contributed by atoms with van der Waals surface area (Å²) >= 11 is 0. The molecule has 23 heavy (non-hydrogen) atoms. The Morgan fingerprint density at radius 2 is 1.52 bits per heavy atom. The van der Waals surface area contributed by atoms with E-state index in [0.717, 1.165) is 12.8 Å². The van der Waals surface area contributed by atoms with Crippen LogP contribution in [0.15, 0.2) is 36.6 Å². The second-order valence-electron chi connectivity index (χ2n) is 5.94. The fraction of sp³-hybridized carbons (Fsp3) is 0.550. The molecule has 0 radical (unpaired) electrons. The molecule has 3 heteroatoms. The van der Waals surface area contributed by atoms with Gasteiger partial charge in [0, 0.05) is 0 Å². The van der Waals surface area contributed by atoms with Crippen LogP contribution < -0.4 is 0 Å². The van der Waals surface area contributed by atoms with Gasteiger partial charge in [-0.1, -0.05) is 58.3 Å². The molecule has 0 aliphatic carbocycles. The van der Waals surface area contributed by atoms with Gasteiger partial charge in [0.15, 0.2) is 0 Å². The van der Waals surface area contributed by atoms with Crippen LogP contribution in [0.3, 0.4) is 0 Å². The first-order valence-electron chi connectivity index (χ1n) is 8.89. The van der Waals surface area contributed by atoms with E-state index in [1.807, 2.05) is 6.08 Å². The van der Waals surface area contributed by atoms with E-state index in [4.69, 9.17) is 9.84 Å². The maximum absolute atomic E-state index is 11.7. The summed E-state index contributed by atoms with van der Waals surface area (Å²) in [5.74, 6) is -0.254. The van der Waals surface area contributed by atoms with E-state index in [9.17, 15) is 4.79 Å². The number of aromatic hydroxyl groups is 1. The van der Waals surface area contributed by atoms with Crippen LogP contribution in [-0.2, 0) is 4.74 Å². The molecule has 3 nitrogen and oxygen atoms in total. The van der Waals surface area contributed by atoms with Crippen molar-refractivity contribution < 1.29 is 14.6 Å². The van der Waals surface area contributed by atoms with Gasteiger partial charge in [0.1, 0.15) is 5.75 Å². The van der Waals surface area contributed by atoms with Gasteiger partial charge in [-0.15, -0.1) is 0 Å². The minimum Gasteiger partial charge on any atom is -0.508 e. The molecule has 1 N–H and O–H groups in total. The molecule has 0 aliphatic rings. The first-order chi connectivity index (χ1) is 11.2. The highest BCUT2D eigenvalue weighted by atomic mass is 16.5. The van der Waals surface area contributed by atoms with Gasteiger partial charge in [-0.05, 0) is 43.2 Å². The standard InChI is InChI=1S/C20H30O3/c1-2-3-4-5-6-7-8-9-10-11-12-17-23-20(22)18-13-15-19(21)16-14-18/h12-17,21H,2-11H2,1H3/b17-12+. The van der Waals surface area contributed by atoms with E-state index in [2.05, 4.69) is 6.92 Å². The summed E-state index contributed by atoms with van der Waals surface area (Å²) in [5, 5.41) is 9.16. The Morgan fingerprint density at radius 1 is 0.957 bits per heavy atom. The molecule has 0 saturated carbocycles. The number of allylic oxidation sites excluding steroid dienone is 1. The maximum Gasteiger partial charge on any atom is 0.342 e. The van der Waals surface area contributed by atoms with Gasteiger partial charge in [-0.25, -0.2) is 4.79 Å². The molecule has 0 saturated heterocycles. The summed E-state index contributed by atoms with van der Waals surface area (Å²) < 4.78 is 5.05. The van der Waals surface area contributed by atoms with Gasteiger partial charge in [0.25, 0.3) is 0 Å². The monoisotopic (exact) mass is 318 g/mol. The van der Waals surface area contributed by atoms with Crippen molar-refractivity contribution >= 4 is 5.97 Å². The number of carbonyl (C=O) groups excluding carboxylic acids is 1. The van der Waals surface area contributed by atoms with E-state index in [0.29, 0.717) is 5.56 Å². The number of rotatable bonds is 12. The summed E-state index contributed by atoms with van der Waals surface area (Å²) in [4.78, 5) is 11.7. The van der Waals surface area contributed by atoms with Crippen molar-refractivity contribution in [2.24, 2.45) is 0 Å². The summed E-state index contributed by atoms with van der Waals surface area (Å²) in [7, 11) is 0. The van der Waals surface area contributed by atoms with Gasteiger partial charge in [-0.2, -0.15) is 0 Å². The molecule has 1 rings (SSSR count). The number of hydrogen-bond acceptors (Lipinski definition) is 3. The van der Waals surface area contributed by atoms with E-state index in [-0.39, 0.29) is 5.75 Å². The Balaban J connectivity index is 1.98. The summed E-state index contributed by atoms with van der Waals surface area (Å²) in [5.41, 5.74) is 0.440.